The van der Waals surface area contributed by atoms with Crippen LogP contribution in [-0.2, 0) is 16.6 Å². The summed E-state index contributed by atoms with van der Waals surface area (Å²) in [7, 11) is -2.12. The molecule has 1 heterocycles. The highest BCUT2D eigenvalue weighted by molar-refractivity contribution is 7.89. The maximum Gasteiger partial charge on any atom is 0.245 e. The molecular weight excluding hydrogens is 264 g/mol. The van der Waals surface area contributed by atoms with E-state index in [4.69, 9.17) is 5.73 Å². The number of nitrogens with zero attached hydrogens (tertiary/aromatic N) is 3. The van der Waals surface area contributed by atoms with Gasteiger partial charge >= 0.3 is 0 Å². The van der Waals surface area contributed by atoms with Crippen LogP contribution in [0, 0.1) is 0 Å². The molecule has 0 radical (unpaired) electrons. The van der Waals surface area contributed by atoms with Crippen molar-refractivity contribution >= 4 is 15.7 Å². The van der Waals surface area contributed by atoms with Crippen LogP contribution >= 0.6 is 0 Å². The van der Waals surface area contributed by atoms with Crippen LogP contribution in [0.15, 0.2) is 47.9 Å². The maximum atomic E-state index is 12.4. The number of nitrogen functional groups attached to an aromatic ring is 1. The number of sulfonamides is 1. The molecule has 0 unspecified atom stereocenters. The predicted octanol–water partition coefficient (Wildman–Crippen LogP) is 0.880. The SMILES string of the molecule is CN(Cc1cncnc1)S(=O)(=O)c1ccccc1N. The Morgan fingerprint density at radius 1 is 1.21 bits per heavy atom. The van der Waals surface area contributed by atoms with Crippen molar-refractivity contribution < 1.29 is 8.42 Å². The fraction of sp³-hybridized carbons (Fsp3) is 0.167. The van der Waals surface area contributed by atoms with Gasteiger partial charge in [-0.05, 0) is 12.1 Å². The van der Waals surface area contributed by atoms with E-state index in [0.717, 1.165) is 0 Å². The lowest BCUT2D eigenvalue weighted by Gasteiger charge is -2.17. The van der Waals surface area contributed by atoms with Gasteiger partial charge in [-0.1, -0.05) is 12.1 Å². The molecule has 2 N–H and O–H groups in total. The van der Waals surface area contributed by atoms with Crippen molar-refractivity contribution in [2.75, 3.05) is 12.8 Å². The molecule has 2 rings (SSSR count). The van der Waals surface area contributed by atoms with Crippen LogP contribution in [0.2, 0.25) is 0 Å². The fourth-order valence-electron chi connectivity index (χ4n) is 1.64. The number of hydrogen-bond acceptors (Lipinski definition) is 5. The second kappa shape index (κ2) is 5.33. The van der Waals surface area contributed by atoms with Crippen LogP contribution < -0.4 is 5.73 Å². The molecule has 0 aliphatic rings. The average Bonchev–Trinajstić information content (AvgIpc) is 2.40. The summed E-state index contributed by atoms with van der Waals surface area (Å²) in [5.41, 5.74) is 6.65. The van der Waals surface area contributed by atoms with E-state index in [-0.39, 0.29) is 17.1 Å². The quantitative estimate of drug-likeness (QED) is 0.839. The Labute approximate surface area is 112 Å². The molecular formula is C12H14N4O2S. The number of benzene rings is 1. The molecule has 0 aliphatic carbocycles. The number of para-hydroxylation sites is 1. The van der Waals surface area contributed by atoms with Gasteiger partial charge in [0.15, 0.2) is 0 Å². The normalized spacial score (nSPS) is 11.7. The summed E-state index contributed by atoms with van der Waals surface area (Å²) in [4.78, 5) is 7.81. The molecule has 1 aromatic carbocycles. The average molecular weight is 278 g/mol. The van der Waals surface area contributed by atoms with Gasteiger partial charge in [-0.25, -0.2) is 18.4 Å². The first-order valence-electron chi connectivity index (χ1n) is 5.56. The Hall–Kier alpha value is -1.99. The molecule has 0 aliphatic heterocycles. The van der Waals surface area contributed by atoms with Crippen LogP contribution in [0.4, 0.5) is 5.69 Å². The van der Waals surface area contributed by atoms with Gasteiger partial charge in [0, 0.05) is 31.5 Å². The van der Waals surface area contributed by atoms with Gasteiger partial charge in [0.05, 0.1) is 5.69 Å². The van der Waals surface area contributed by atoms with Crippen molar-refractivity contribution in [3.8, 4) is 0 Å². The van der Waals surface area contributed by atoms with Crippen LogP contribution in [-0.4, -0.2) is 29.7 Å². The standard InChI is InChI=1S/C12H14N4O2S/c1-16(8-10-6-14-9-15-7-10)19(17,18)12-5-3-2-4-11(12)13/h2-7,9H,8,13H2,1H3. The first-order valence-corrected chi connectivity index (χ1v) is 7.00. The van der Waals surface area contributed by atoms with Gasteiger partial charge in [-0.2, -0.15) is 4.31 Å². The van der Waals surface area contributed by atoms with Gasteiger partial charge in [0.25, 0.3) is 0 Å². The van der Waals surface area contributed by atoms with Gasteiger partial charge in [-0.15, -0.1) is 0 Å². The Bertz CT molecular complexity index is 658. The first kappa shape index (κ1) is 13.4. The van der Waals surface area contributed by atoms with Crippen LogP contribution in [0.5, 0.6) is 0 Å². The number of anilines is 1. The summed E-state index contributed by atoms with van der Waals surface area (Å²) in [6, 6.07) is 6.39. The minimum atomic E-state index is -3.62. The topological polar surface area (TPSA) is 89.2 Å². The van der Waals surface area contributed by atoms with E-state index in [1.165, 1.54) is 23.7 Å². The van der Waals surface area contributed by atoms with Crippen molar-refractivity contribution in [3.63, 3.8) is 0 Å². The molecule has 100 valence electrons. The van der Waals surface area contributed by atoms with Crippen molar-refractivity contribution in [2.24, 2.45) is 0 Å². The zero-order valence-electron chi connectivity index (χ0n) is 10.4. The largest absolute Gasteiger partial charge is 0.398 e. The molecule has 19 heavy (non-hydrogen) atoms. The third-order valence-electron chi connectivity index (χ3n) is 2.63. The zero-order chi connectivity index (χ0) is 13.9. The summed E-state index contributed by atoms with van der Waals surface area (Å²) in [6.07, 6.45) is 4.55. The first-order chi connectivity index (χ1) is 9.01. The Morgan fingerprint density at radius 2 is 1.84 bits per heavy atom. The minimum Gasteiger partial charge on any atom is -0.398 e. The minimum absolute atomic E-state index is 0.106. The molecule has 0 saturated carbocycles. The zero-order valence-corrected chi connectivity index (χ0v) is 11.2. The fourth-order valence-corrected chi connectivity index (χ4v) is 2.91. The number of rotatable bonds is 4. The number of nitrogens with two attached hydrogens (primary N) is 1. The molecule has 7 heteroatoms. The predicted molar refractivity (Wildman–Crippen MR) is 71.5 cm³/mol. The van der Waals surface area contributed by atoms with Crippen molar-refractivity contribution in [1.82, 2.24) is 14.3 Å². The van der Waals surface area contributed by atoms with E-state index in [2.05, 4.69) is 9.97 Å². The smallest absolute Gasteiger partial charge is 0.245 e. The Morgan fingerprint density at radius 3 is 2.47 bits per heavy atom. The molecule has 0 spiro atoms. The molecule has 0 atom stereocenters. The second-order valence-corrected chi connectivity index (χ2v) is 6.06. The maximum absolute atomic E-state index is 12.4. The lowest BCUT2D eigenvalue weighted by Crippen LogP contribution is -2.27. The third-order valence-corrected chi connectivity index (χ3v) is 4.50. The van der Waals surface area contributed by atoms with E-state index < -0.39 is 10.0 Å². The lowest BCUT2D eigenvalue weighted by molar-refractivity contribution is 0.466. The van der Waals surface area contributed by atoms with E-state index in [0.29, 0.717) is 5.56 Å². The summed E-state index contributed by atoms with van der Waals surface area (Å²) in [6.45, 7) is 0.192. The number of hydrogen-bond donors (Lipinski definition) is 1. The van der Waals surface area contributed by atoms with Gasteiger partial charge in [-0.3, -0.25) is 0 Å². The highest BCUT2D eigenvalue weighted by Crippen LogP contribution is 2.21. The summed E-state index contributed by atoms with van der Waals surface area (Å²) in [5, 5.41) is 0. The molecule has 2 aromatic rings. The second-order valence-electron chi connectivity index (χ2n) is 4.05. The van der Waals surface area contributed by atoms with E-state index in [1.54, 1.807) is 30.6 Å². The van der Waals surface area contributed by atoms with Gasteiger partial charge in [0.2, 0.25) is 10.0 Å². The molecule has 6 nitrogen and oxygen atoms in total. The van der Waals surface area contributed by atoms with Crippen molar-refractivity contribution in [1.29, 1.82) is 0 Å². The Balaban J connectivity index is 2.28. The third kappa shape index (κ3) is 2.88. The van der Waals surface area contributed by atoms with Crippen LogP contribution in [0.3, 0.4) is 0 Å². The van der Waals surface area contributed by atoms with Crippen molar-refractivity contribution in [3.05, 3.63) is 48.5 Å². The van der Waals surface area contributed by atoms with E-state index in [9.17, 15) is 8.42 Å². The van der Waals surface area contributed by atoms with E-state index >= 15 is 0 Å². The van der Waals surface area contributed by atoms with E-state index in [1.807, 2.05) is 0 Å². The van der Waals surface area contributed by atoms with Crippen LogP contribution in [0.1, 0.15) is 5.56 Å². The Kier molecular flexibility index (Phi) is 3.77. The monoisotopic (exact) mass is 278 g/mol. The highest BCUT2D eigenvalue weighted by atomic mass is 32.2. The molecule has 0 saturated heterocycles. The number of aromatic nitrogens is 2. The summed E-state index contributed by atoms with van der Waals surface area (Å²) < 4.78 is 25.9. The van der Waals surface area contributed by atoms with Gasteiger partial charge < -0.3 is 5.73 Å². The summed E-state index contributed by atoms with van der Waals surface area (Å²) in [5.74, 6) is 0. The molecule has 0 amide bonds. The van der Waals surface area contributed by atoms with Gasteiger partial charge in [0.1, 0.15) is 11.2 Å². The molecule has 0 fully saturated rings. The van der Waals surface area contributed by atoms with Crippen LogP contribution in [0.25, 0.3) is 0 Å². The summed E-state index contributed by atoms with van der Waals surface area (Å²) >= 11 is 0. The lowest BCUT2D eigenvalue weighted by atomic mass is 10.3. The molecule has 0 bridgehead atoms. The molecule has 1 aromatic heterocycles. The highest BCUT2D eigenvalue weighted by Gasteiger charge is 2.23. The van der Waals surface area contributed by atoms with Crippen molar-refractivity contribution in [2.45, 2.75) is 11.4 Å².